The number of nitrogens with zero attached hydrogens (tertiary/aromatic N) is 1. The summed E-state index contributed by atoms with van der Waals surface area (Å²) in [4.78, 5) is 13.5. The molecular weight excluding hydrogens is 262 g/mol. The average Bonchev–Trinajstić information content (AvgIpc) is 3.08. The van der Waals surface area contributed by atoms with Crippen LogP contribution in [0, 0.1) is 17.8 Å². The van der Waals surface area contributed by atoms with E-state index in [1.165, 1.54) is 57.9 Å². The van der Waals surface area contributed by atoms with Crippen molar-refractivity contribution in [1.29, 1.82) is 0 Å². The highest BCUT2D eigenvalue weighted by Gasteiger charge is 2.32. The second-order valence-electron chi connectivity index (χ2n) is 7.70. The number of nitrogens with two attached hydrogens (primary N) is 1. The predicted molar refractivity (Wildman–Crippen MR) is 84.8 cm³/mol. The zero-order valence-corrected chi connectivity index (χ0v) is 13.2. The Hall–Kier alpha value is -0.610. The van der Waals surface area contributed by atoms with Crippen LogP contribution in [-0.4, -0.2) is 43.0 Å². The zero-order valence-electron chi connectivity index (χ0n) is 13.2. The van der Waals surface area contributed by atoms with E-state index in [1.54, 1.807) is 0 Å². The minimum atomic E-state index is -0.184. The third-order valence-corrected chi connectivity index (χ3v) is 5.53. The van der Waals surface area contributed by atoms with Gasteiger partial charge in [-0.25, -0.2) is 0 Å². The van der Waals surface area contributed by atoms with Crippen LogP contribution in [0.25, 0.3) is 0 Å². The molecule has 0 aromatic heterocycles. The number of hydrogen-bond acceptors (Lipinski definition) is 3. The van der Waals surface area contributed by atoms with Gasteiger partial charge in [-0.2, -0.15) is 0 Å². The van der Waals surface area contributed by atoms with Gasteiger partial charge in [0.25, 0.3) is 0 Å². The Morgan fingerprint density at radius 1 is 1.05 bits per heavy atom. The topological polar surface area (TPSA) is 58.4 Å². The van der Waals surface area contributed by atoms with Gasteiger partial charge in [-0.05, 0) is 50.0 Å². The Bertz CT molecular complexity index is 350. The molecule has 3 aliphatic rings. The molecule has 4 nitrogen and oxygen atoms in total. The molecule has 1 heterocycles. The number of likely N-dealkylation sites (tertiary alicyclic amines) is 1. The molecular formula is C17H31N3O. The molecule has 120 valence electrons. The summed E-state index contributed by atoms with van der Waals surface area (Å²) in [5.74, 6) is 2.43. The normalized spacial score (nSPS) is 31.6. The van der Waals surface area contributed by atoms with Crippen molar-refractivity contribution in [3.63, 3.8) is 0 Å². The lowest BCUT2D eigenvalue weighted by Gasteiger charge is -2.38. The molecule has 1 amide bonds. The number of hydrogen-bond donors (Lipinski definition) is 2. The number of primary amides is 1. The summed E-state index contributed by atoms with van der Waals surface area (Å²) in [5, 5.41) is 3.80. The smallest absolute Gasteiger partial charge is 0.231 e. The van der Waals surface area contributed by atoms with E-state index in [0.717, 1.165) is 30.8 Å². The minimum absolute atomic E-state index is 0.184. The number of nitrogens with one attached hydrogen (secondary N) is 1. The van der Waals surface area contributed by atoms with E-state index < -0.39 is 0 Å². The van der Waals surface area contributed by atoms with E-state index in [1.807, 2.05) is 0 Å². The van der Waals surface area contributed by atoms with Crippen molar-refractivity contribution in [2.24, 2.45) is 23.5 Å². The molecule has 2 aliphatic carbocycles. The van der Waals surface area contributed by atoms with Gasteiger partial charge in [0.05, 0.1) is 6.54 Å². The van der Waals surface area contributed by atoms with Crippen molar-refractivity contribution in [3.8, 4) is 0 Å². The van der Waals surface area contributed by atoms with Gasteiger partial charge in [-0.1, -0.05) is 25.7 Å². The largest absolute Gasteiger partial charge is 0.369 e. The molecule has 3 fully saturated rings. The Morgan fingerprint density at radius 3 is 2.48 bits per heavy atom. The van der Waals surface area contributed by atoms with Crippen molar-refractivity contribution < 1.29 is 4.79 Å². The third kappa shape index (κ3) is 4.96. The SMILES string of the molecule is NC(=O)CN1CC(CC2CC2)CC(NCC2CCCC2)C1. The predicted octanol–water partition coefficient (Wildman–Crippen LogP) is 1.74. The van der Waals surface area contributed by atoms with E-state index in [-0.39, 0.29) is 5.91 Å². The molecule has 1 saturated heterocycles. The van der Waals surface area contributed by atoms with E-state index in [9.17, 15) is 4.79 Å². The number of carbonyl (C=O) groups excluding carboxylic acids is 1. The second kappa shape index (κ2) is 7.10. The first-order valence-corrected chi connectivity index (χ1v) is 8.93. The van der Waals surface area contributed by atoms with Crippen molar-refractivity contribution >= 4 is 5.91 Å². The van der Waals surface area contributed by atoms with E-state index >= 15 is 0 Å². The lowest BCUT2D eigenvalue weighted by Crippen LogP contribution is -2.52. The van der Waals surface area contributed by atoms with Crippen molar-refractivity contribution in [2.75, 3.05) is 26.2 Å². The van der Waals surface area contributed by atoms with Crippen molar-refractivity contribution in [1.82, 2.24) is 10.2 Å². The zero-order chi connectivity index (χ0) is 14.7. The molecule has 21 heavy (non-hydrogen) atoms. The monoisotopic (exact) mass is 293 g/mol. The van der Waals surface area contributed by atoms with Crippen LogP contribution in [0.1, 0.15) is 51.4 Å². The molecule has 0 aromatic carbocycles. The standard InChI is InChI=1S/C17H31N3O/c18-17(21)12-20-10-15(7-13-5-6-13)8-16(11-20)19-9-14-3-1-2-4-14/h13-16,19H,1-12H2,(H2,18,21). The van der Waals surface area contributed by atoms with Crippen molar-refractivity contribution in [2.45, 2.75) is 57.4 Å². The molecule has 1 aliphatic heterocycles. The van der Waals surface area contributed by atoms with Crippen LogP contribution in [0.4, 0.5) is 0 Å². The summed E-state index contributed by atoms with van der Waals surface area (Å²) < 4.78 is 0. The van der Waals surface area contributed by atoms with E-state index in [2.05, 4.69) is 10.2 Å². The first kappa shape index (κ1) is 15.3. The molecule has 0 radical (unpaired) electrons. The van der Waals surface area contributed by atoms with E-state index in [4.69, 9.17) is 5.73 Å². The van der Waals surface area contributed by atoms with Gasteiger partial charge >= 0.3 is 0 Å². The van der Waals surface area contributed by atoms with Gasteiger partial charge in [-0.3, -0.25) is 9.69 Å². The molecule has 0 bridgehead atoms. The summed E-state index contributed by atoms with van der Waals surface area (Å²) >= 11 is 0. The summed E-state index contributed by atoms with van der Waals surface area (Å²) in [6.07, 6.45) is 11.1. The van der Waals surface area contributed by atoms with Crippen molar-refractivity contribution in [3.05, 3.63) is 0 Å². The number of piperidine rings is 1. The lowest BCUT2D eigenvalue weighted by molar-refractivity contribution is -0.119. The van der Waals surface area contributed by atoms with Gasteiger partial charge in [0.15, 0.2) is 0 Å². The van der Waals surface area contributed by atoms with Crippen LogP contribution in [0.15, 0.2) is 0 Å². The fourth-order valence-electron chi connectivity index (χ4n) is 4.34. The maximum atomic E-state index is 11.2. The van der Waals surface area contributed by atoms with Gasteiger partial charge in [0, 0.05) is 19.1 Å². The average molecular weight is 293 g/mol. The molecule has 0 spiro atoms. The molecule has 2 atom stereocenters. The summed E-state index contributed by atoms with van der Waals surface area (Å²) in [5.41, 5.74) is 5.40. The molecule has 2 unspecified atom stereocenters. The van der Waals surface area contributed by atoms with E-state index in [0.29, 0.717) is 12.6 Å². The summed E-state index contributed by atoms with van der Waals surface area (Å²) in [6.45, 7) is 3.67. The number of rotatable bonds is 7. The quantitative estimate of drug-likeness (QED) is 0.752. The minimum Gasteiger partial charge on any atom is -0.369 e. The van der Waals surface area contributed by atoms with Crippen LogP contribution >= 0.6 is 0 Å². The highest BCUT2D eigenvalue weighted by atomic mass is 16.1. The summed E-state index contributed by atoms with van der Waals surface area (Å²) in [7, 11) is 0. The molecule has 2 saturated carbocycles. The van der Waals surface area contributed by atoms with Gasteiger partial charge in [0.2, 0.25) is 5.91 Å². The van der Waals surface area contributed by atoms with Crippen LogP contribution < -0.4 is 11.1 Å². The maximum Gasteiger partial charge on any atom is 0.231 e. The fraction of sp³-hybridized carbons (Fsp3) is 0.941. The Labute approximate surface area is 128 Å². The molecule has 3 rings (SSSR count). The van der Waals surface area contributed by atoms with Gasteiger partial charge in [-0.15, -0.1) is 0 Å². The Morgan fingerprint density at radius 2 is 1.81 bits per heavy atom. The van der Waals surface area contributed by atoms with Crippen LogP contribution in [0.5, 0.6) is 0 Å². The Balaban J connectivity index is 1.48. The lowest BCUT2D eigenvalue weighted by atomic mass is 9.89. The molecule has 4 heteroatoms. The third-order valence-electron chi connectivity index (χ3n) is 5.53. The van der Waals surface area contributed by atoms with Crippen LogP contribution in [0.2, 0.25) is 0 Å². The highest BCUT2D eigenvalue weighted by molar-refractivity contribution is 5.75. The fourth-order valence-corrected chi connectivity index (χ4v) is 4.34. The Kier molecular flexibility index (Phi) is 5.17. The van der Waals surface area contributed by atoms with Crippen LogP contribution in [0.3, 0.4) is 0 Å². The summed E-state index contributed by atoms with van der Waals surface area (Å²) in [6, 6.07) is 0.558. The molecule has 0 aromatic rings. The highest BCUT2D eigenvalue weighted by Crippen LogP contribution is 2.37. The molecule has 3 N–H and O–H groups in total. The maximum absolute atomic E-state index is 11.2. The number of amides is 1. The van der Waals surface area contributed by atoms with Gasteiger partial charge in [0.1, 0.15) is 0 Å². The van der Waals surface area contributed by atoms with Gasteiger partial charge < -0.3 is 11.1 Å². The first-order valence-electron chi connectivity index (χ1n) is 8.93. The number of carbonyl (C=O) groups is 1. The second-order valence-corrected chi connectivity index (χ2v) is 7.70. The van der Waals surface area contributed by atoms with Crippen LogP contribution in [-0.2, 0) is 4.79 Å². The first-order chi connectivity index (χ1) is 10.2.